The van der Waals surface area contributed by atoms with Crippen LogP contribution in [-0.4, -0.2) is 23.4 Å². The number of rotatable bonds is 10. The maximum Gasteiger partial charge on any atom is 0.258 e. The van der Waals surface area contributed by atoms with Crippen LogP contribution in [0.4, 0.5) is 0 Å². The smallest absolute Gasteiger partial charge is 0.258 e. The Hall–Kier alpha value is -1.60. The molecule has 0 atom stereocenters. The molecule has 0 unspecified atom stereocenters. The normalized spacial score (nSPS) is 11.2. The SMILES string of the molecule is C=C(CCCC(=O)NNC(=O)C(C)(C)NC(CC)CC)NN. The molecule has 0 saturated carbocycles. The van der Waals surface area contributed by atoms with E-state index in [-0.39, 0.29) is 17.9 Å². The second kappa shape index (κ2) is 10.2. The fourth-order valence-corrected chi connectivity index (χ4v) is 1.95. The average molecular weight is 313 g/mol. The predicted octanol–water partition coefficient (Wildman–Crippen LogP) is 0.838. The monoisotopic (exact) mass is 313 g/mol. The minimum atomic E-state index is -0.748. The zero-order valence-corrected chi connectivity index (χ0v) is 14.2. The van der Waals surface area contributed by atoms with Gasteiger partial charge in [0.2, 0.25) is 5.91 Å². The Kier molecular flexibility index (Phi) is 9.44. The Morgan fingerprint density at radius 2 is 1.73 bits per heavy atom. The molecule has 0 fully saturated rings. The van der Waals surface area contributed by atoms with Crippen molar-refractivity contribution in [3.63, 3.8) is 0 Å². The van der Waals surface area contributed by atoms with Crippen LogP contribution in [0.1, 0.15) is 59.8 Å². The summed E-state index contributed by atoms with van der Waals surface area (Å²) in [6.07, 6.45) is 3.40. The van der Waals surface area contributed by atoms with Crippen molar-refractivity contribution in [2.45, 2.75) is 71.4 Å². The minimum Gasteiger partial charge on any atom is -0.329 e. The Morgan fingerprint density at radius 3 is 2.23 bits per heavy atom. The standard InChI is InChI=1S/C15H31N5O2/c1-6-12(7-2)17-15(4,5)14(22)20-19-13(21)10-8-9-11(3)18-16/h12,17-18H,3,6-10,16H2,1-2,4-5H3,(H,19,21)(H,20,22). The summed E-state index contributed by atoms with van der Waals surface area (Å²) in [5.41, 5.74) is 7.25. The summed E-state index contributed by atoms with van der Waals surface area (Å²) in [4.78, 5) is 23.8. The van der Waals surface area contributed by atoms with Crippen molar-refractivity contribution in [2.75, 3.05) is 0 Å². The van der Waals surface area contributed by atoms with Gasteiger partial charge < -0.3 is 10.7 Å². The van der Waals surface area contributed by atoms with Crippen LogP contribution in [0.15, 0.2) is 12.3 Å². The summed E-state index contributed by atoms with van der Waals surface area (Å²) in [6.45, 7) is 11.4. The van der Waals surface area contributed by atoms with Crippen molar-refractivity contribution in [1.82, 2.24) is 21.6 Å². The van der Waals surface area contributed by atoms with E-state index < -0.39 is 5.54 Å². The van der Waals surface area contributed by atoms with E-state index >= 15 is 0 Å². The second-order valence-electron chi connectivity index (χ2n) is 5.89. The second-order valence-corrected chi connectivity index (χ2v) is 5.89. The van der Waals surface area contributed by atoms with Crippen LogP contribution in [0.3, 0.4) is 0 Å². The molecule has 7 heteroatoms. The lowest BCUT2D eigenvalue weighted by molar-refractivity contribution is -0.132. The molecule has 22 heavy (non-hydrogen) atoms. The highest BCUT2D eigenvalue weighted by Gasteiger charge is 2.29. The minimum absolute atomic E-state index is 0.239. The first-order valence-electron chi connectivity index (χ1n) is 7.78. The maximum atomic E-state index is 12.1. The molecule has 0 aromatic heterocycles. The van der Waals surface area contributed by atoms with Crippen molar-refractivity contribution in [2.24, 2.45) is 5.84 Å². The first-order chi connectivity index (χ1) is 10.3. The molecule has 0 radical (unpaired) electrons. The number of hydrazine groups is 2. The van der Waals surface area contributed by atoms with E-state index in [1.165, 1.54) is 0 Å². The molecule has 0 rings (SSSR count). The molecule has 0 saturated heterocycles. The van der Waals surface area contributed by atoms with Gasteiger partial charge in [0.25, 0.3) is 5.91 Å². The third kappa shape index (κ3) is 7.99. The summed E-state index contributed by atoms with van der Waals surface area (Å²) in [7, 11) is 0. The number of hydrogen-bond donors (Lipinski definition) is 5. The van der Waals surface area contributed by atoms with Gasteiger partial charge in [-0.25, -0.2) is 0 Å². The molecule has 128 valence electrons. The Labute approximate surface area is 133 Å². The molecule has 0 aliphatic carbocycles. The van der Waals surface area contributed by atoms with Gasteiger partial charge in [-0.2, -0.15) is 0 Å². The van der Waals surface area contributed by atoms with E-state index in [2.05, 4.69) is 42.0 Å². The quantitative estimate of drug-likeness (QED) is 0.303. The van der Waals surface area contributed by atoms with Gasteiger partial charge in [-0.1, -0.05) is 20.4 Å². The van der Waals surface area contributed by atoms with Crippen LogP contribution in [-0.2, 0) is 9.59 Å². The fourth-order valence-electron chi connectivity index (χ4n) is 1.95. The van der Waals surface area contributed by atoms with Crippen LogP contribution in [0, 0.1) is 0 Å². The molecule has 6 N–H and O–H groups in total. The van der Waals surface area contributed by atoms with Gasteiger partial charge in [0.15, 0.2) is 0 Å². The molecule has 0 heterocycles. The van der Waals surface area contributed by atoms with Crippen LogP contribution in [0.25, 0.3) is 0 Å². The number of carbonyl (C=O) groups excluding carboxylic acids is 2. The first kappa shape index (κ1) is 20.4. The molecule has 0 aromatic rings. The number of hydrogen-bond acceptors (Lipinski definition) is 5. The maximum absolute atomic E-state index is 12.1. The number of nitrogens with one attached hydrogen (secondary N) is 4. The van der Waals surface area contributed by atoms with E-state index in [4.69, 9.17) is 5.84 Å². The Morgan fingerprint density at radius 1 is 1.14 bits per heavy atom. The van der Waals surface area contributed by atoms with Crippen molar-refractivity contribution in [3.05, 3.63) is 12.3 Å². The molecule has 0 bridgehead atoms. The summed E-state index contributed by atoms with van der Waals surface area (Å²) < 4.78 is 0. The number of amides is 2. The summed E-state index contributed by atoms with van der Waals surface area (Å²) >= 11 is 0. The molecule has 2 amide bonds. The molecule has 7 nitrogen and oxygen atoms in total. The number of nitrogens with two attached hydrogens (primary N) is 1. The molecular weight excluding hydrogens is 282 g/mol. The highest BCUT2D eigenvalue weighted by molar-refractivity contribution is 5.87. The fraction of sp³-hybridized carbons (Fsp3) is 0.733. The molecule has 0 aromatic carbocycles. The third-order valence-corrected chi connectivity index (χ3v) is 3.52. The number of carbonyl (C=O) groups is 2. The molecule has 0 aliphatic rings. The Bertz CT molecular complexity index is 378. The zero-order valence-electron chi connectivity index (χ0n) is 14.2. The topological polar surface area (TPSA) is 108 Å². The van der Waals surface area contributed by atoms with E-state index in [0.29, 0.717) is 25.0 Å². The van der Waals surface area contributed by atoms with Gasteiger partial charge in [0.05, 0.1) is 5.54 Å². The van der Waals surface area contributed by atoms with Gasteiger partial charge in [-0.15, -0.1) is 0 Å². The van der Waals surface area contributed by atoms with Gasteiger partial charge in [-0.05, 0) is 39.5 Å². The summed E-state index contributed by atoms with van der Waals surface area (Å²) in [5.74, 6) is 4.68. The first-order valence-corrected chi connectivity index (χ1v) is 7.78. The molecule has 0 aliphatic heterocycles. The molecule has 0 spiro atoms. The largest absolute Gasteiger partial charge is 0.329 e. The van der Waals surface area contributed by atoms with E-state index in [1.807, 2.05) is 0 Å². The highest BCUT2D eigenvalue weighted by Crippen LogP contribution is 2.08. The number of allylic oxidation sites excluding steroid dienone is 1. The zero-order chi connectivity index (χ0) is 17.2. The average Bonchev–Trinajstić information content (AvgIpc) is 2.49. The lowest BCUT2D eigenvalue weighted by Gasteiger charge is -2.29. The van der Waals surface area contributed by atoms with Gasteiger partial charge in [0, 0.05) is 18.2 Å². The van der Waals surface area contributed by atoms with E-state index in [1.54, 1.807) is 13.8 Å². The van der Waals surface area contributed by atoms with Crippen molar-refractivity contribution < 1.29 is 9.59 Å². The van der Waals surface area contributed by atoms with E-state index in [9.17, 15) is 9.59 Å². The summed E-state index contributed by atoms with van der Waals surface area (Å²) in [5, 5.41) is 3.28. The summed E-state index contributed by atoms with van der Waals surface area (Å²) in [6, 6.07) is 0.270. The van der Waals surface area contributed by atoms with E-state index in [0.717, 1.165) is 12.8 Å². The Balaban J connectivity index is 4.14. The van der Waals surface area contributed by atoms with Gasteiger partial charge in [0.1, 0.15) is 0 Å². The van der Waals surface area contributed by atoms with Crippen LogP contribution in [0.5, 0.6) is 0 Å². The van der Waals surface area contributed by atoms with Crippen LogP contribution >= 0.6 is 0 Å². The van der Waals surface area contributed by atoms with Crippen molar-refractivity contribution in [3.8, 4) is 0 Å². The highest BCUT2D eigenvalue weighted by atomic mass is 16.2. The van der Waals surface area contributed by atoms with Crippen molar-refractivity contribution >= 4 is 11.8 Å². The van der Waals surface area contributed by atoms with Gasteiger partial charge in [-0.3, -0.25) is 26.3 Å². The predicted molar refractivity (Wildman–Crippen MR) is 88.2 cm³/mol. The van der Waals surface area contributed by atoms with Gasteiger partial charge >= 0.3 is 0 Å². The molecular formula is C15H31N5O2. The van der Waals surface area contributed by atoms with Crippen LogP contribution < -0.4 is 27.4 Å². The lowest BCUT2D eigenvalue weighted by atomic mass is 10.0. The lowest BCUT2D eigenvalue weighted by Crippen LogP contribution is -2.59. The van der Waals surface area contributed by atoms with Crippen molar-refractivity contribution in [1.29, 1.82) is 0 Å². The van der Waals surface area contributed by atoms with Crippen LogP contribution in [0.2, 0.25) is 0 Å². The third-order valence-electron chi connectivity index (χ3n) is 3.52.